The van der Waals surface area contributed by atoms with E-state index in [1.54, 1.807) is 24.3 Å². The lowest BCUT2D eigenvalue weighted by molar-refractivity contribution is -0.116. The molecule has 1 aromatic carbocycles. The van der Waals surface area contributed by atoms with Gasteiger partial charge in [-0.2, -0.15) is 4.98 Å². The number of nitrogens with one attached hydrogen (secondary N) is 1. The Hall–Kier alpha value is -2.60. The molecule has 0 aliphatic carbocycles. The zero-order valence-corrected chi connectivity index (χ0v) is 12.9. The fraction of sp³-hybridized carbons (Fsp3) is 0.188. The highest BCUT2D eigenvalue weighted by Gasteiger charge is 2.16. The largest absolute Gasteiger partial charge is 0.461 e. The first-order valence-electron chi connectivity index (χ1n) is 7.10. The molecule has 0 spiro atoms. The van der Waals surface area contributed by atoms with E-state index in [9.17, 15) is 4.79 Å². The Labute approximate surface area is 137 Å². The second-order valence-corrected chi connectivity index (χ2v) is 5.16. The number of alkyl halides is 1. The van der Waals surface area contributed by atoms with Gasteiger partial charge in [-0.3, -0.25) is 4.79 Å². The van der Waals surface area contributed by atoms with Crippen LogP contribution in [0.25, 0.3) is 23.0 Å². The molecule has 1 N–H and O–H groups in total. The van der Waals surface area contributed by atoms with Crippen molar-refractivity contribution in [3.8, 4) is 23.0 Å². The minimum Gasteiger partial charge on any atom is -0.461 e. The fourth-order valence-electron chi connectivity index (χ4n) is 2.06. The van der Waals surface area contributed by atoms with Gasteiger partial charge in [0.1, 0.15) is 0 Å². The number of benzene rings is 1. The molecule has 3 aromatic rings. The summed E-state index contributed by atoms with van der Waals surface area (Å²) in [4.78, 5) is 16.2. The van der Waals surface area contributed by atoms with Crippen LogP contribution in [-0.2, 0) is 4.79 Å². The van der Waals surface area contributed by atoms with Gasteiger partial charge in [0, 0.05) is 12.3 Å². The summed E-state index contributed by atoms with van der Waals surface area (Å²) < 4.78 is 10.5. The van der Waals surface area contributed by atoms with Crippen LogP contribution in [0.5, 0.6) is 0 Å². The monoisotopic (exact) mass is 331 g/mol. The van der Waals surface area contributed by atoms with Gasteiger partial charge in [0.05, 0.1) is 17.5 Å². The first-order valence-corrected chi connectivity index (χ1v) is 7.64. The average molecular weight is 332 g/mol. The van der Waals surface area contributed by atoms with Crippen molar-refractivity contribution in [1.82, 2.24) is 10.1 Å². The van der Waals surface area contributed by atoms with Crippen molar-refractivity contribution in [3.05, 3.63) is 42.7 Å². The van der Waals surface area contributed by atoms with Crippen LogP contribution in [-0.4, -0.2) is 21.9 Å². The number of furan rings is 1. The van der Waals surface area contributed by atoms with E-state index in [-0.39, 0.29) is 5.91 Å². The normalized spacial score (nSPS) is 10.7. The van der Waals surface area contributed by atoms with Gasteiger partial charge in [0.25, 0.3) is 5.89 Å². The van der Waals surface area contributed by atoms with E-state index in [1.807, 2.05) is 12.1 Å². The molecule has 7 heteroatoms. The third-order valence-electron chi connectivity index (χ3n) is 3.14. The quantitative estimate of drug-likeness (QED) is 0.691. The molecule has 0 saturated heterocycles. The van der Waals surface area contributed by atoms with Gasteiger partial charge in [0.15, 0.2) is 5.76 Å². The Bertz CT molecular complexity index is 783. The molecule has 0 aliphatic rings. The van der Waals surface area contributed by atoms with Crippen molar-refractivity contribution in [1.29, 1.82) is 0 Å². The molecule has 118 valence electrons. The molecular weight excluding hydrogens is 318 g/mol. The van der Waals surface area contributed by atoms with Crippen molar-refractivity contribution >= 4 is 23.2 Å². The number of carbonyl (C=O) groups is 1. The summed E-state index contributed by atoms with van der Waals surface area (Å²) in [7, 11) is 0. The zero-order valence-electron chi connectivity index (χ0n) is 12.2. The lowest BCUT2D eigenvalue weighted by atomic mass is 10.1. The first-order chi connectivity index (χ1) is 11.3. The zero-order chi connectivity index (χ0) is 16.1. The van der Waals surface area contributed by atoms with Crippen LogP contribution in [0.4, 0.5) is 5.69 Å². The van der Waals surface area contributed by atoms with Gasteiger partial charge in [0.2, 0.25) is 11.7 Å². The number of anilines is 1. The minimum absolute atomic E-state index is 0.108. The van der Waals surface area contributed by atoms with Crippen molar-refractivity contribution in [3.63, 3.8) is 0 Å². The molecule has 2 aromatic heterocycles. The van der Waals surface area contributed by atoms with E-state index in [2.05, 4.69) is 15.5 Å². The number of hydrogen-bond donors (Lipinski definition) is 1. The topological polar surface area (TPSA) is 81.2 Å². The maximum absolute atomic E-state index is 11.9. The van der Waals surface area contributed by atoms with Crippen LogP contribution in [0.15, 0.2) is 51.6 Å². The first kappa shape index (κ1) is 15.3. The van der Waals surface area contributed by atoms with Crippen molar-refractivity contribution in [2.24, 2.45) is 0 Å². The van der Waals surface area contributed by atoms with Crippen LogP contribution < -0.4 is 5.32 Å². The van der Waals surface area contributed by atoms with Crippen molar-refractivity contribution in [2.45, 2.75) is 12.8 Å². The second-order valence-electron chi connectivity index (χ2n) is 4.79. The van der Waals surface area contributed by atoms with Gasteiger partial charge in [-0.1, -0.05) is 17.3 Å². The van der Waals surface area contributed by atoms with E-state index in [0.717, 1.165) is 0 Å². The Morgan fingerprint density at radius 1 is 1.22 bits per heavy atom. The van der Waals surface area contributed by atoms with E-state index in [0.29, 0.717) is 47.4 Å². The van der Waals surface area contributed by atoms with E-state index in [1.165, 1.54) is 6.26 Å². The highest BCUT2D eigenvalue weighted by atomic mass is 35.5. The number of aromatic nitrogens is 2. The summed E-state index contributed by atoms with van der Waals surface area (Å²) in [6.45, 7) is 0. The van der Waals surface area contributed by atoms with Crippen LogP contribution in [0.1, 0.15) is 12.8 Å². The molecule has 0 atom stereocenters. The predicted octanol–water partition coefficient (Wildman–Crippen LogP) is 3.95. The van der Waals surface area contributed by atoms with E-state index >= 15 is 0 Å². The number of hydrogen-bond acceptors (Lipinski definition) is 5. The maximum atomic E-state index is 11.9. The number of para-hydroxylation sites is 1. The van der Waals surface area contributed by atoms with Crippen molar-refractivity contribution < 1.29 is 13.7 Å². The standard InChI is InChI=1S/C16H14ClN3O3/c17-9-3-8-14(21)18-12-6-2-1-5-11(12)16-19-15(20-23-16)13-7-4-10-22-13/h1-2,4-7,10H,3,8-9H2,(H,18,21). The van der Waals surface area contributed by atoms with E-state index < -0.39 is 0 Å². The number of halogens is 1. The average Bonchev–Trinajstić information content (AvgIpc) is 3.24. The smallest absolute Gasteiger partial charge is 0.260 e. The van der Waals surface area contributed by atoms with Gasteiger partial charge < -0.3 is 14.3 Å². The van der Waals surface area contributed by atoms with Crippen LogP contribution >= 0.6 is 11.6 Å². The van der Waals surface area contributed by atoms with Crippen molar-refractivity contribution in [2.75, 3.05) is 11.2 Å². The summed E-state index contributed by atoms with van der Waals surface area (Å²) in [6.07, 6.45) is 2.52. The summed E-state index contributed by atoms with van der Waals surface area (Å²) in [6, 6.07) is 10.7. The van der Waals surface area contributed by atoms with Gasteiger partial charge in [-0.15, -0.1) is 11.6 Å². The highest BCUT2D eigenvalue weighted by Crippen LogP contribution is 2.28. The van der Waals surface area contributed by atoms with Crippen LogP contribution in [0.3, 0.4) is 0 Å². The Kier molecular flexibility index (Phi) is 4.73. The maximum Gasteiger partial charge on any atom is 0.260 e. The van der Waals surface area contributed by atoms with Gasteiger partial charge in [-0.25, -0.2) is 0 Å². The molecule has 0 fully saturated rings. The Morgan fingerprint density at radius 2 is 2.09 bits per heavy atom. The Morgan fingerprint density at radius 3 is 2.87 bits per heavy atom. The summed E-state index contributed by atoms with van der Waals surface area (Å²) in [5.41, 5.74) is 1.26. The summed E-state index contributed by atoms with van der Waals surface area (Å²) >= 11 is 5.61. The van der Waals surface area contributed by atoms with E-state index in [4.69, 9.17) is 20.5 Å². The molecule has 23 heavy (non-hydrogen) atoms. The molecule has 1 amide bonds. The van der Waals surface area contributed by atoms with Crippen LogP contribution in [0, 0.1) is 0 Å². The number of carbonyl (C=O) groups excluding carboxylic acids is 1. The van der Waals surface area contributed by atoms with Crippen LogP contribution in [0.2, 0.25) is 0 Å². The molecule has 3 rings (SSSR count). The molecule has 0 saturated carbocycles. The lowest BCUT2D eigenvalue weighted by Gasteiger charge is -2.07. The lowest BCUT2D eigenvalue weighted by Crippen LogP contribution is -2.12. The number of amides is 1. The molecule has 2 heterocycles. The number of nitrogens with zero attached hydrogens (tertiary/aromatic N) is 2. The molecular formula is C16H14ClN3O3. The number of rotatable bonds is 6. The molecule has 6 nitrogen and oxygen atoms in total. The summed E-state index contributed by atoms with van der Waals surface area (Å²) in [5.74, 6) is 1.52. The molecule has 0 unspecified atom stereocenters. The molecule has 0 bridgehead atoms. The third-order valence-corrected chi connectivity index (χ3v) is 3.40. The second kappa shape index (κ2) is 7.11. The van der Waals surface area contributed by atoms with Gasteiger partial charge >= 0.3 is 0 Å². The SMILES string of the molecule is O=C(CCCCl)Nc1ccccc1-c1nc(-c2ccco2)no1. The molecule has 0 aliphatic heterocycles. The highest BCUT2D eigenvalue weighted by molar-refractivity contribution is 6.18. The van der Waals surface area contributed by atoms with Gasteiger partial charge in [-0.05, 0) is 30.7 Å². The third kappa shape index (κ3) is 3.60. The predicted molar refractivity (Wildman–Crippen MR) is 86.0 cm³/mol. The Balaban J connectivity index is 1.84. The minimum atomic E-state index is -0.108. The fourth-order valence-corrected chi connectivity index (χ4v) is 2.19. The molecule has 0 radical (unpaired) electrons. The summed E-state index contributed by atoms with van der Waals surface area (Å²) in [5, 5.41) is 6.73.